The fraction of sp³-hybridized carbons (Fsp3) is 0.538. The zero-order valence-corrected chi connectivity index (χ0v) is 9.77. The molecule has 0 heterocycles. The topological polar surface area (TPSA) is 32.3 Å². The minimum atomic E-state index is -0.296. The predicted molar refractivity (Wildman–Crippen MR) is 63.7 cm³/mol. The number of hydrogen-bond donors (Lipinski definition) is 2. The second-order valence-electron chi connectivity index (χ2n) is 4.39. The lowest BCUT2D eigenvalue weighted by Crippen LogP contribution is -2.31. The van der Waals surface area contributed by atoms with Crippen molar-refractivity contribution in [3.8, 4) is 0 Å². The predicted octanol–water partition coefficient (Wildman–Crippen LogP) is 2.35. The Labute approximate surface area is 92.3 Å². The Hall–Kier alpha value is -0.860. The van der Waals surface area contributed by atoms with Crippen molar-refractivity contribution in [1.29, 1.82) is 0 Å². The van der Waals surface area contributed by atoms with Crippen molar-refractivity contribution in [2.45, 2.75) is 32.9 Å². The zero-order chi connectivity index (χ0) is 11.3. The summed E-state index contributed by atoms with van der Waals surface area (Å²) in [4.78, 5) is 0. The molecule has 0 aromatic heterocycles. The van der Waals surface area contributed by atoms with Crippen LogP contribution in [0.1, 0.15) is 32.4 Å². The molecule has 0 aliphatic rings. The van der Waals surface area contributed by atoms with Gasteiger partial charge < -0.3 is 10.4 Å². The quantitative estimate of drug-likeness (QED) is 0.777. The van der Waals surface area contributed by atoms with Gasteiger partial charge in [-0.25, -0.2) is 0 Å². The monoisotopic (exact) mass is 207 g/mol. The molecule has 0 saturated heterocycles. The summed E-state index contributed by atoms with van der Waals surface area (Å²) in [5.74, 6) is 0.520. The fourth-order valence-electron chi connectivity index (χ4n) is 1.70. The molecular formula is C13H21NO. The van der Waals surface area contributed by atoms with Gasteiger partial charge in [-0.2, -0.15) is 0 Å². The first-order chi connectivity index (χ1) is 7.11. The molecule has 2 heteroatoms. The maximum absolute atomic E-state index is 9.27. The number of aliphatic hydroxyl groups excluding tert-OH is 1. The number of hydrogen-bond acceptors (Lipinski definition) is 2. The van der Waals surface area contributed by atoms with Gasteiger partial charge in [0, 0.05) is 12.6 Å². The summed E-state index contributed by atoms with van der Waals surface area (Å²) in [6.07, 6.45) is -0.296. The number of rotatable bonds is 5. The van der Waals surface area contributed by atoms with Crippen molar-refractivity contribution in [3.63, 3.8) is 0 Å². The van der Waals surface area contributed by atoms with Gasteiger partial charge in [-0.05, 0) is 18.4 Å². The largest absolute Gasteiger partial charge is 0.392 e. The van der Waals surface area contributed by atoms with Gasteiger partial charge in [0.15, 0.2) is 0 Å². The highest BCUT2D eigenvalue weighted by atomic mass is 16.3. The van der Waals surface area contributed by atoms with Gasteiger partial charge in [-0.3, -0.25) is 0 Å². The average molecular weight is 207 g/mol. The molecule has 0 spiro atoms. The molecule has 1 rings (SSSR count). The highest BCUT2D eigenvalue weighted by Gasteiger charge is 2.14. The van der Waals surface area contributed by atoms with E-state index < -0.39 is 0 Å². The average Bonchev–Trinajstić information content (AvgIpc) is 2.18. The van der Waals surface area contributed by atoms with E-state index in [1.807, 2.05) is 6.07 Å². The summed E-state index contributed by atoms with van der Waals surface area (Å²) >= 11 is 0. The number of aliphatic hydroxyl groups is 1. The molecule has 0 aliphatic heterocycles. The van der Waals surface area contributed by atoms with Gasteiger partial charge in [0.25, 0.3) is 0 Å². The van der Waals surface area contributed by atoms with Gasteiger partial charge in [-0.15, -0.1) is 0 Å². The van der Waals surface area contributed by atoms with Crippen LogP contribution in [0.4, 0.5) is 0 Å². The molecule has 0 radical (unpaired) electrons. The van der Waals surface area contributed by atoms with Crippen molar-refractivity contribution in [1.82, 2.24) is 5.32 Å². The summed E-state index contributed by atoms with van der Waals surface area (Å²) < 4.78 is 0. The minimum Gasteiger partial charge on any atom is -0.392 e. The van der Waals surface area contributed by atoms with Gasteiger partial charge in [0.2, 0.25) is 0 Å². The lowest BCUT2D eigenvalue weighted by atomic mass is 9.96. The van der Waals surface area contributed by atoms with Crippen molar-refractivity contribution >= 4 is 0 Å². The lowest BCUT2D eigenvalue weighted by molar-refractivity contribution is 0.181. The molecule has 0 bridgehead atoms. The molecular weight excluding hydrogens is 186 g/mol. The second kappa shape index (κ2) is 5.89. The van der Waals surface area contributed by atoms with Gasteiger partial charge in [0.1, 0.15) is 0 Å². The Kier molecular flexibility index (Phi) is 4.79. The van der Waals surface area contributed by atoms with Crippen LogP contribution in [0.5, 0.6) is 0 Å². The lowest BCUT2D eigenvalue weighted by Gasteiger charge is -2.23. The van der Waals surface area contributed by atoms with Crippen LogP contribution >= 0.6 is 0 Å². The normalized spacial score (nSPS) is 15.3. The first-order valence-corrected chi connectivity index (χ1v) is 5.57. The summed E-state index contributed by atoms with van der Waals surface area (Å²) in [5.41, 5.74) is 1.29. The molecule has 2 atom stereocenters. The minimum absolute atomic E-state index is 0.296. The summed E-state index contributed by atoms with van der Waals surface area (Å²) in [6.45, 7) is 6.81. The third-order valence-electron chi connectivity index (χ3n) is 2.46. The molecule has 0 unspecified atom stereocenters. The van der Waals surface area contributed by atoms with Crippen molar-refractivity contribution in [2.24, 2.45) is 5.92 Å². The van der Waals surface area contributed by atoms with Gasteiger partial charge in [0.05, 0.1) is 6.10 Å². The Bertz CT molecular complexity index is 269. The Morgan fingerprint density at radius 2 is 1.73 bits per heavy atom. The second-order valence-corrected chi connectivity index (χ2v) is 4.39. The van der Waals surface area contributed by atoms with Crippen LogP contribution in [0.2, 0.25) is 0 Å². The maximum Gasteiger partial charge on any atom is 0.0636 e. The van der Waals surface area contributed by atoms with Crippen LogP contribution in [-0.2, 0) is 0 Å². The molecule has 2 nitrogen and oxygen atoms in total. The van der Waals surface area contributed by atoms with Crippen LogP contribution in [0.3, 0.4) is 0 Å². The molecule has 0 fully saturated rings. The van der Waals surface area contributed by atoms with E-state index in [1.165, 1.54) is 5.56 Å². The summed E-state index contributed by atoms with van der Waals surface area (Å²) in [6, 6.07) is 10.7. The Balaban J connectivity index is 2.66. The van der Waals surface area contributed by atoms with E-state index in [1.54, 1.807) is 6.92 Å². The van der Waals surface area contributed by atoms with Crippen LogP contribution < -0.4 is 5.32 Å². The molecule has 84 valence electrons. The van der Waals surface area contributed by atoms with E-state index in [-0.39, 0.29) is 6.10 Å². The molecule has 0 saturated carbocycles. The SMILES string of the molecule is CC(C)[C@H](NC[C@H](C)O)c1ccccc1. The first-order valence-electron chi connectivity index (χ1n) is 5.57. The third-order valence-corrected chi connectivity index (χ3v) is 2.46. The fourth-order valence-corrected chi connectivity index (χ4v) is 1.70. The van der Waals surface area contributed by atoms with E-state index in [0.29, 0.717) is 18.5 Å². The van der Waals surface area contributed by atoms with E-state index in [9.17, 15) is 5.11 Å². The molecule has 15 heavy (non-hydrogen) atoms. The maximum atomic E-state index is 9.27. The smallest absolute Gasteiger partial charge is 0.0636 e. The van der Waals surface area contributed by atoms with Crippen molar-refractivity contribution in [2.75, 3.05) is 6.54 Å². The third kappa shape index (κ3) is 4.02. The highest BCUT2D eigenvalue weighted by molar-refractivity contribution is 5.19. The standard InChI is InChI=1S/C13H21NO/c1-10(2)13(14-9-11(3)15)12-7-5-4-6-8-12/h4-8,10-11,13-15H,9H2,1-3H3/t11-,13-/m0/s1. The van der Waals surface area contributed by atoms with Gasteiger partial charge >= 0.3 is 0 Å². The van der Waals surface area contributed by atoms with Crippen LogP contribution in [0.25, 0.3) is 0 Å². The highest BCUT2D eigenvalue weighted by Crippen LogP contribution is 2.20. The van der Waals surface area contributed by atoms with Crippen LogP contribution in [0, 0.1) is 5.92 Å². The van der Waals surface area contributed by atoms with Gasteiger partial charge in [-0.1, -0.05) is 44.2 Å². The zero-order valence-electron chi connectivity index (χ0n) is 9.77. The van der Waals surface area contributed by atoms with E-state index in [0.717, 1.165) is 0 Å². The summed E-state index contributed by atoms with van der Waals surface area (Å²) in [7, 11) is 0. The van der Waals surface area contributed by atoms with E-state index in [2.05, 4.69) is 43.4 Å². The molecule has 2 N–H and O–H groups in total. The number of benzene rings is 1. The molecule has 1 aromatic carbocycles. The Morgan fingerprint density at radius 3 is 2.20 bits per heavy atom. The number of nitrogens with one attached hydrogen (secondary N) is 1. The van der Waals surface area contributed by atoms with E-state index in [4.69, 9.17) is 0 Å². The van der Waals surface area contributed by atoms with Crippen molar-refractivity contribution in [3.05, 3.63) is 35.9 Å². The molecule has 0 aliphatic carbocycles. The Morgan fingerprint density at radius 1 is 1.13 bits per heavy atom. The van der Waals surface area contributed by atoms with E-state index >= 15 is 0 Å². The van der Waals surface area contributed by atoms with Crippen LogP contribution in [-0.4, -0.2) is 17.8 Å². The first kappa shape index (κ1) is 12.2. The molecule has 1 aromatic rings. The molecule has 0 amide bonds. The summed E-state index contributed by atoms with van der Waals surface area (Å²) in [5, 5.41) is 12.7. The van der Waals surface area contributed by atoms with Crippen molar-refractivity contribution < 1.29 is 5.11 Å². The van der Waals surface area contributed by atoms with Crippen LogP contribution in [0.15, 0.2) is 30.3 Å².